The van der Waals surface area contributed by atoms with Gasteiger partial charge < -0.3 is 57.5 Å². The van der Waals surface area contributed by atoms with Crippen molar-refractivity contribution in [3.05, 3.63) is 52.6 Å². The lowest BCUT2D eigenvalue weighted by atomic mass is 9.92. The van der Waals surface area contributed by atoms with Gasteiger partial charge in [-0.2, -0.15) is 0 Å². The smallest absolute Gasteiger partial charge is 0.243 e. The molecule has 2 rings (SSSR count). The summed E-state index contributed by atoms with van der Waals surface area (Å²) in [6.07, 6.45) is 4.61. The maximum Gasteiger partial charge on any atom is 0.243 e. The van der Waals surface area contributed by atoms with Crippen molar-refractivity contribution in [2.75, 3.05) is 19.7 Å². The zero-order chi connectivity index (χ0) is 36.6. The SMILES string of the molecule is CC(C)N[C@H](CCCN=C(N)N)C(=O)N[C@@H](Cc1cn(C)c(=S)n1C)C(=O)N[C@@H](CCCCN)C(=O)NC(C=O)(CO)Cc1ccccc1. The number of imidazole rings is 1. The van der Waals surface area contributed by atoms with E-state index in [0.29, 0.717) is 55.5 Å². The predicted molar refractivity (Wildman–Crippen MR) is 192 cm³/mol. The maximum atomic E-state index is 14.1. The first-order valence-electron chi connectivity index (χ1n) is 16.5. The summed E-state index contributed by atoms with van der Waals surface area (Å²) < 4.78 is 4.00. The van der Waals surface area contributed by atoms with Crippen LogP contribution in [0.15, 0.2) is 41.5 Å². The van der Waals surface area contributed by atoms with Crippen molar-refractivity contribution in [1.82, 2.24) is 30.4 Å². The molecule has 0 aliphatic rings. The van der Waals surface area contributed by atoms with Gasteiger partial charge in [-0.3, -0.25) is 19.4 Å². The molecule has 0 aliphatic carbocycles. The van der Waals surface area contributed by atoms with E-state index in [-0.39, 0.29) is 31.3 Å². The Morgan fingerprint density at radius 3 is 2.16 bits per heavy atom. The summed E-state index contributed by atoms with van der Waals surface area (Å²) in [6, 6.07) is 6.07. The maximum absolute atomic E-state index is 14.1. The quantitative estimate of drug-likeness (QED) is 0.0256. The molecular weight excluding hydrogens is 648 g/mol. The number of guanidine groups is 1. The average molecular weight is 703 g/mol. The van der Waals surface area contributed by atoms with Crippen LogP contribution < -0.4 is 38.5 Å². The van der Waals surface area contributed by atoms with Crippen molar-refractivity contribution < 1.29 is 24.3 Å². The topological polar surface area (TPSA) is 237 Å². The number of benzene rings is 1. The van der Waals surface area contributed by atoms with Crippen LogP contribution in [0.1, 0.15) is 57.2 Å². The lowest BCUT2D eigenvalue weighted by Crippen LogP contribution is -2.61. The third-order valence-electron chi connectivity index (χ3n) is 8.03. The normalized spacial score (nSPS) is 14.3. The molecule has 3 amide bonds. The summed E-state index contributed by atoms with van der Waals surface area (Å²) in [5, 5.41) is 21.9. The molecule has 0 saturated heterocycles. The molecule has 49 heavy (non-hydrogen) atoms. The third kappa shape index (κ3) is 13.4. The van der Waals surface area contributed by atoms with Crippen molar-refractivity contribution in [2.45, 2.75) is 88.5 Å². The van der Waals surface area contributed by atoms with E-state index in [4.69, 9.17) is 29.4 Å². The van der Waals surface area contributed by atoms with Gasteiger partial charge in [-0.15, -0.1) is 0 Å². The molecule has 4 atom stereocenters. The third-order valence-corrected chi connectivity index (χ3v) is 8.59. The number of rotatable bonds is 22. The van der Waals surface area contributed by atoms with Crippen molar-refractivity contribution in [3.63, 3.8) is 0 Å². The molecule has 0 spiro atoms. The number of hydrogen-bond donors (Lipinski definition) is 8. The van der Waals surface area contributed by atoms with Crippen molar-refractivity contribution in [2.24, 2.45) is 36.3 Å². The number of nitrogens with one attached hydrogen (secondary N) is 4. The van der Waals surface area contributed by atoms with Crippen LogP contribution in [0.25, 0.3) is 0 Å². The van der Waals surface area contributed by atoms with Crippen molar-refractivity contribution >= 4 is 42.2 Å². The highest BCUT2D eigenvalue weighted by Crippen LogP contribution is 2.14. The Bertz CT molecular complexity index is 1460. The number of unbranched alkanes of at least 4 members (excludes halogenated alkanes) is 1. The van der Waals surface area contributed by atoms with Crippen LogP contribution >= 0.6 is 12.2 Å². The van der Waals surface area contributed by atoms with Gasteiger partial charge in [0, 0.05) is 51.4 Å². The number of nitrogens with zero attached hydrogens (tertiary/aromatic N) is 3. The summed E-state index contributed by atoms with van der Waals surface area (Å²) >= 11 is 5.46. The molecule has 1 unspecified atom stereocenters. The number of carbonyl (C=O) groups is 4. The summed E-state index contributed by atoms with van der Waals surface area (Å²) in [5.74, 6) is -1.71. The van der Waals surface area contributed by atoms with E-state index in [1.807, 2.05) is 19.9 Å². The molecule has 1 heterocycles. The standard InChI is InChI=1S/C33H54N10O5S/c1-22(2)38-25(14-10-16-37-31(35)36)28(46)40-27(17-24-19-42(3)32(49)43(24)4)29(47)39-26(13-8-9-15-34)30(48)41-33(20-44,21-45)18-23-11-6-5-7-12-23/h5-7,11-12,19-20,22,25-27,38,45H,8-10,13-18,21,34H2,1-4H3,(H,39,47)(H,40,46)(H,41,48)(H4,35,36,37)/t25-,26+,27+,33?/m1/s1. The van der Waals surface area contributed by atoms with E-state index in [0.717, 1.165) is 5.56 Å². The Morgan fingerprint density at radius 2 is 1.61 bits per heavy atom. The molecule has 0 saturated carbocycles. The zero-order valence-electron chi connectivity index (χ0n) is 29.0. The second-order valence-electron chi connectivity index (χ2n) is 12.6. The lowest BCUT2D eigenvalue weighted by Gasteiger charge is -2.31. The molecule has 0 radical (unpaired) electrons. The van der Waals surface area contributed by atoms with Gasteiger partial charge in [-0.05, 0) is 56.4 Å². The van der Waals surface area contributed by atoms with Gasteiger partial charge in [-0.1, -0.05) is 44.2 Å². The number of amides is 3. The number of hydrogen-bond acceptors (Lipinski definition) is 9. The highest BCUT2D eigenvalue weighted by Gasteiger charge is 2.36. The number of aliphatic hydroxyl groups is 1. The first kappa shape index (κ1) is 41.1. The van der Waals surface area contributed by atoms with Crippen LogP contribution in [0.4, 0.5) is 0 Å². The fraction of sp³-hybridized carbons (Fsp3) is 0.576. The molecule has 11 N–H and O–H groups in total. The highest BCUT2D eigenvalue weighted by molar-refractivity contribution is 7.71. The molecule has 16 heteroatoms. The summed E-state index contributed by atoms with van der Waals surface area (Å²) in [6.45, 7) is 3.87. The molecular formula is C33H54N10O5S. The fourth-order valence-electron chi connectivity index (χ4n) is 5.38. The van der Waals surface area contributed by atoms with Gasteiger partial charge in [0.15, 0.2) is 10.7 Å². The number of aldehydes is 1. The zero-order valence-corrected chi connectivity index (χ0v) is 29.8. The van der Waals surface area contributed by atoms with E-state index < -0.39 is 48.0 Å². The summed E-state index contributed by atoms with van der Waals surface area (Å²) in [5.41, 5.74) is 16.4. The van der Waals surface area contributed by atoms with E-state index in [2.05, 4.69) is 26.3 Å². The summed E-state index contributed by atoms with van der Waals surface area (Å²) in [4.78, 5) is 57.8. The van der Waals surface area contributed by atoms with E-state index in [1.54, 1.807) is 53.7 Å². The monoisotopic (exact) mass is 702 g/mol. The minimum atomic E-state index is -1.62. The van der Waals surface area contributed by atoms with Crippen LogP contribution in [-0.4, -0.2) is 93.6 Å². The van der Waals surface area contributed by atoms with Gasteiger partial charge in [-0.25, -0.2) is 0 Å². The number of aliphatic imine (C=N–C) groups is 1. The second kappa shape index (κ2) is 20.4. The fourth-order valence-corrected chi connectivity index (χ4v) is 5.55. The van der Waals surface area contributed by atoms with Crippen LogP contribution in [-0.2, 0) is 46.1 Å². The van der Waals surface area contributed by atoms with E-state index in [9.17, 15) is 24.3 Å². The Balaban J connectivity index is 2.39. The van der Waals surface area contributed by atoms with Crippen LogP contribution in [0.3, 0.4) is 0 Å². The Hall–Kier alpha value is -4.12. The van der Waals surface area contributed by atoms with E-state index in [1.165, 1.54) is 0 Å². The highest BCUT2D eigenvalue weighted by atomic mass is 32.1. The first-order chi connectivity index (χ1) is 23.2. The predicted octanol–water partition coefficient (Wildman–Crippen LogP) is -0.557. The number of carbonyl (C=O) groups excluding carboxylic acids is 4. The molecule has 2 aromatic rings. The molecule has 272 valence electrons. The molecule has 15 nitrogen and oxygen atoms in total. The van der Waals surface area contributed by atoms with Crippen molar-refractivity contribution in [3.8, 4) is 0 Å². The van der Waals surface area contributed by atoms with Gasteiger partial charge >= 0.3 is 0 Å². The Kier molecular flexibility index (Phi) is 17.1. The largest absolute Gasteiger partial charge is 0.393 e. The van der Waals surface area contributed by atoms with Crippen LogP contribution in [0.2, 0.25) is 0 Å². The minimum Gasteiger partial charge on any atom is -0.393 e. The molecule has 0 bridgehead atoms. The van der Waals surface area contributed by atoms with Gasteiger partial charge in [0.05, 0.1) is 12.6 Å². The van der Waals surface area contributed by atoms with Crippen molar-refractivity contribution in [1.29, 1.82) is 0 Å². The van der Waals surface area contributed by atoms with Gasteiger partial charge in [0.25, 0.3) is 0 Å². The molecule has 1 aromatic carbocycles. The average Bonchev–Trinajstić information content (AvgIpc) is 3.30. The first-order valence-corrected chi connectivity index (χ1v) is 16.9. The van der Waals surface area contributed by atoms with Crippen LogP contribution in [0, 0.1) is 4.77 Å². The van der Waals surface area contributed by atoms with Crippen LogP contribution in [0.5, 0.6) is 0 Å². The Labute approximate surface area is 293 Å². The molecule has 0 aliphatic heterocycles. The number of nitrogens with two attached hydrogens (primary N) is 3. The Morgan fingerprint density at radius 1 is 0.980 bits per heavy atom. The number of aliphatic hydroxyl groups excluding tert-OH is 1. The second-order valence-corrected chi connectivity index (χ2v) is 13.0. The molecule has 1 aromatic heterocycles. The number of aryl methyl sites for hydroxylation is 1. The summed E-state index contributed by atoms with van der Waals surface area (Å²) in [7, 11) is 3.55. The van der Waals surface area contributed by atoms with E-state index >= 15 is 0 Å². The lowest BCUT2D eigenvalue weighted by molar-refractivity contribution is -0.134. The molecule has 0 fully saturated rings. The van der Waals surface area contributed by atoms with Gasteiger partial charge in [0.1, 0.15) is 23.9 Å². The number of aromatic nitrogens is 2. The minimum absolute atomic E-state index is 0.0408. The van der Waals surface area contributed by atoms with Gasteiger partial charge in [0.2, 0.25) is 17.7 Å².